The van der Waals surface area contributed by atoms with E-state index in [0.29, 0.717) is 5.78 Å². The molecule has 2 rings (SSSR count). The van der Waals surface area contributed by atoms with E-state index in [-0.39, 0.29) is 5.92 Å². The Kier molecular flexibility index (Phi) is 3.98. The van der Waals surface area contributed by atoms with E-state index >= 15 is 0 Å². The molecule has 92 valence electrons. The van der Waals surface area contributed by atoms with Crippen molar-refractivity contribution in [2.24, 2.45) is 11.8 Å². The van der Waals surface area contributed by atoms with Gasteiger partial charge in [-0.25, -0.2) is 0 Å². The van der Waals surface area contributed by atoms with Crippen molar-refractivity contribution in [3.63, 3.8) is 0 Å². The predicted octanol–water partition coefficient (Wildman–Crippen LogP) is 4.39. The Balaban J connectivity index is 2.06. The van der Waals surface area contributed by atoms with Gasteiger partial charge in [-0.2, -0.15) is 0 Å². The third-order valence-electron chi connectivity index (χ3n) is 4.07. The molecule has 1 heteroatoms. The summed E-state index contributed by atoms with van der Waals surface area (Å²) < 4.78 is 0. The molecule has 1 aliphatic carbocycles. The summed E-state index contributed by atoms with van der Waals surface area (Å²) in [5.74, 6) is 1.41. The van der Waals surface area contributed by atoms with Gasteiger partial charge in [0, 0.05) is 11.5 Å². The molecule has 2 unspecified atom stereocenters. The van der Waals surface area contributed by atoms with Gasteiger partial charge in [0.1, 0.15) is 0 Å². The maximum Gasteiger partial charge on any atom is 0.165 e. The standard InChI is InChI=1S/C16H22O/c1-3-13-5-4-6-15(11-13)16(17)14-9-7-12(2)8-10-14/h7-10,13,15H,3-6,11H2,1-2H3. The van der Waals surface area contributed by atoms with Crippen LogP contribution in [-0.2, 0) is 0 Å². The van der Waals surface area contributed by atoms with Crippen LogP contribution in [0.1, 0.15) is 54.9 Å². The van der Waals surface area contributed by atoms with Gasteiger partial charge in [-0.15, -0.1) is 0 Å². The molecule has 0 bridgehead atoms. The normalized spacial score (nSPS) is 24.6. The van der Waals surface area contributed by atoms with E-state index in [2.05, 4.69) is 13.8 Å². The Morgan fingerprint density at radius 1 is 1.24 bits per heavy atom. The largest absolute Gasteiger partial charge is 0.294 e. The minimum absolute atomic E-state index is 0.274. The number of Topliss-reactive ketones (excluding diaryl/α,β-unsaturated/α-hetero) is 1. The first-order chi connectivity index (χ1) is 8.20. The molecule has 0 radical (unpaired) electrons. The topological polar surface area (TPSA) is 17.1 Å². The lowest BCUT2D eigenvalue weighted by Gasteiger charge is -2.27. The molecular weight excluding hydrogens is 208 g/mol. The maximum atomic E-state index is 12.4. The Morgan fingerprint density at radius 2 is 1.94 bits per heavy atom. The Bertz CT molecular complexity index is 377. The van der Waals surface area contributed by atoms with Gasteiger partial charge in [0.05, 0.1) is 0 Å². The minimum Gasteiger partial charge on any atom is -0.294 e. The summed E-state index contributed by atoms with van der Waals surface area (Å²) in [5, 5.41) is 0. The van der Waals surface area contributed by atoms with E-state index in [9.17, 15) is 4.79 Å². The smallest absolute Gasteiger partial charge is 0.165 e. The van der Waals surface area contributed by atoms with Gasteiger partial charge in [0.15, 0.2) is 5.78 Å². The van der Waals surface area contributed by atoms with Crippen molar-refractivity contribution < 1.29 is 4.79 Å². The first kappa shape index (κ1) is 12.3. The number of rotatable bonds is 3. The molecule has 1 fully saturated rings. The predicted molar refractivity (Wildman–Crippen MR) is 71.2 cm³/mol. The van der Waals surface area contributed by atoms with Gasteiger partial charge < -0.3 is 0 Å². The SMILES string of the molecule is CCC1CCCC(C(=O)c2ccc(C)cc2)C1. The third-order valence-corrected chi connectivity index (χ3v) is 4.07. The van der Waals surface area contributed by atoms with Crippen molar-refractivity contribution in [2.45, 2.75) is 46.0 Å². The second kappa shape index (κ2) is 5.48. The highest BCUT2D eigenvalue weighted by molar-refractivity contribution is 5.97. The second-order valence-electron chi connectivity index (χ2n) is 5.37. The lowest BCUT2D eigenvalue weighted by atomic mass is 9.77. The van der Waals surface area contributed by atoms with Crippen LogP contribution in [0.5, 0.6) is 0 Å². The molecule has 0 N–H and O–H groups in total. The Labute approximate surface area is 104 Å². The number of carbonyl (C=O) groups is 1. The zero-order valence-electron chi connectivity index (χ0n) is 10.9. The zero-order chi connectivity index (χ0) is 12.3. The van der Waals surface area contributed by atoms with Gasteiger partial charge in [-0.05, 0) is 25.7 Å². The van der Waals surface area contributed by atoms with E-state index in [1.807, 2.05) is 24.3 Å². The van der Waals surface area contributed by atoms with Crippen molar-refractivity contribution in [2.75, 3.05) is 0 Å². The van der Waals surface area contributed by atoms with Gasteiger partial charge in [-0.1, -0.05) is 56.0 Å². The molecule has 2 atom stereocenters. The van der Waals surface area contributed by atoms with E-state index < -0.39 is 0 Å². The lowest BCUT2D eigenvalue weighted by Crippen LogP contribution is -2.22. The van der Waals surface area contributed by atoms with Crippen LogP contribution >= 0.6 is 0 Å². The van der Waals surface area contributed by atoms with Crippen LogP contribution in [0.15, 0.2) is 24.3 Å². The van der Waals surface area contributed by atoms with Gasteiger partial charge >= 0.3 is 0 Å². The quantitative estimate of drug-likeness (QED) is 0.704. The van der Waals surface area contributed by atoms with Crippen molar-refractivity contribution >= 4 is 5.78 Å². The van der Waals surface area contributed by atoms with E-state index in [1.54, 1.807) is 0 Å². The van der Waals surface area contributed by atoms with E-state index in [0.717, 1.165) is 24.3 Å². The summed E-state index contributed by atoms with van der Waals surface area (Å²) in [6.07, 6.45) is 5.94. The van der Waals surface area contributed by atoms with Crippen LogP contribution < -0.4 is 0 Å². The molecule has 0 spiro atoms. The van der Waals surface area contributed by atoms with Crippen LogP contribution in [0.3, 0.4) is 0 Å². The number of carbonyl (C=O) groups excluding carboxylic acids is 1. The van der Waals surface area contributed by atoms with Gasteiger partial charge in [0.25, 0.3) is 0 Å². The van der Waals surface area contributed by atoms with Crippen molar-refractivity contribution in [1.82, 2.24) is 0 Å². The first-order valence-electron chi connectivity index (χ1n) is 6.81. The van der Waals surface area contributed by atoms with Crippen LogP contribution in [0.4, 0.5) is 0 Å². The lowest BCUT2D eigenvalue weighted by molar-refractivity contribution is 0.0862. The average molecular weight is 230 g/mol. The molecule has 1 saturated carbocycles. The number of aryl methyl sites for hydroxylation is 1. The summed E-state index contributed by atoms with van der Waals surface area (Å²) in [4.78, 5) is 12.4. The molecule has 0 saturated heterocycles. The van der Waals surface area contributed by atoms with Gasteiger partial charge in [0.2, 0.25) is 0 Å². The van der Waals surface area contributed by atoms with Crippen LogP contribution in [0.25, 0.3) is 0 Å². The average Bonchev–Trinajstić information content (AvgIpc) is 2.39. The Morgan fingerprint density at radius 3 is 2.59 bits per heavy atom. The summed E-state index contributed by atoms with van der Waals surface area (Å²) in [5.41, 5.74) is 2.12. The molecule has 0 heterocycles. The first-order valence-corrected chi connectivity index (χ1v) is 6.81. The number of hydrogen-bond donors (Lipinski definition) is 0. The van der Waals surface area contributed by atoms with Crippen LogP contribution in [-0.4, -0.2) is 5.78 Å². The highest BCUT2D eigenvalue weighted by atomic mass is 16.1. The van der Waals surface area contributed by atoms with Gasteiger partial charge in [-0.3, -0.25) is 4.79 Å². The fraction of sp³-hybridized carbons (Fsp3) is 0.562. The van der Waals surface area contributed by atoms with E-state index in [1.165, 1.54) is 24.8 Å². The molecule has 1 aromatic rings. The minimum atomic E-state index is 0.274. The highest BCUT2D eigenvalue weighted by Crippen LogP contribution is 2.32. The highest BCUT2D eigenvalue weighted by Gasteiger charge is 2.26. The fourth-order valence-electron chi connectivity index (χ4n) is 2.85. The van der Waals surface area contributed by atoms with Crippen molar-refractivity contribution in [3.05, 3.63) is 35.4 Å². The third kappa shape index (κ3) is 2.96. The zero-order valence-corrected chi connectivity index (χ0v) is 10.9. The summed E-state index contributed by atoms with van der Waals surface area (Å²) in [6, 6.07) is 8.03. The van der Waals surface area contributed by atoms with Crippen LogP contribution in [0, 0.1) is 18.8 Å². The molecule has 17 heavy (non-hydrogen) atoms. The summed E-state index contributed by atoms with van der Waals surface area (Å²) in [7, 11) is 0. The van der Waals surface area contributed by atoms with Crippen molar-refractivity contribution in [1.29, 1.82) is 0 Å². The fourth-order valence-corrected chi connectivity index (χ4v) is 2.85. The molecule has 0 amide bonds. The van der Waals surface area contributed by atoms with Crippen LogP contribution in [0.2, 0.25) is 0 Å². The number of ketones is 1. The van der Waals surface area contributed by atoms with E-state index in [4.69, 9.17) is 0 Å². The molecular formula is C16H22O. The van der Waals surface area contributed by atoms with Crippen molar-refractivity contribution in [3.8, 4) is 0 Å². The molecule has 0 aromatic heterocycles. The number of benzene rings is 1. The maximum absolute atomic E-state index is 12.4. The molecule has 1 aromatic carbocycles. The molecule has 1 aliphatic rings. The monoisotopic (exact) mass is 230 g/mol. The second-order valence-corrected chi connectivity index (χ2v) is 5.37. The Hall–Kier alpha value is -1.11. The number of hydrogen-bond acceptors (Lipinski definition) is 1. The molecule has 0 aliphatic heterocycles. The summed E-state index contributed by atoms with van der Waals surface area (Å²) >= 11 is 0. The summed E-state index contributed by atoms with van der Waals surface area (Å²) in [6.45, 7) is 4.30. The molecule has 1 nitrogen and oxygen atoms in total.